The highest BCUT2D eigenvalue weighted by Crippen LogP contribution is 2.24. The Hall–Kier alpha value is -2.35. The van der Waals surface area contributed by atoms with Crippen LogP contribution in [0, 0.1) is 10.1 Å². The van der Waals surface area contributed by atoms with E-state index < -0.39 is 15.7 Å². The van der Waals surface area contributed by atoms with Crippen molar-refractivity contribution in [2.45, 2.75) is 11.4 Å². The molecule has 1 N–H and O–H groups in total. The van der Waals surface area contributed by atoms with Gasteiger partial charge in [0.15, 0.2) is 4.84 Å². The Kier molecular flexibility index (Phi) is 7.20. The lowest BCUT2D eigenvalue weighted by molar-refractivity contribution is -0.384. The Balaban J connectivity index is 2.02. The standard InChI is InChI=1S/C17H16Cl2N2O5/c18-16(19)17(23)20(9-10-22)11-12-1-5-14(6-2-12)26-15-7-3-13(4-8-15)21(24)25/h1-8,16,22H,9-11H2. The molecule has 0 aliphatic carbocycles. The Morgan fingerprint density at radius 1 is 1.12 bits per heavy atom. The minimum Gasteiger partial charge on any atom is -0.457 e. The maximum atomic E-state index is 11.9. The number of rotatable bonds is 8. The van der Waals surface area contributed by atoms with Crippen molar-refractivity contribution in [2.75, 3.05) is 13.2 Å². The highest BCUT2D eigenvalue weighted by molar-refractivity contribution is 6.53. The first-order chi connectivity index (χ1) is 12.4. The van der Waals surface area contributed by atoms with E-state index in [9.17, 15) is 14.9 Å². The van der Waals surface area contributed by atoms with Gasteiger partial charge in [-0.1, -0.05) is 35.3 Å². The second kappa shape index (κ2) is 9.38. The molecule has 0 unspecified atom stereocenters. The molecule has 1 amide bonds. The van der Waals surface area contributed by atoms with Gasteiger partial charge < -0.3 is 14.7 Å². The number of ether oxygens (including phenoxy) is 1. The predicted octanol–water partition coefficient (Wildman–Crippen LogP) is 3.51. The van der Waals surface area contributed by atoms with Crippen molar-refractivity contribution >= 4 is 34.8 Å². The molecule has 0 saturated heterocycles. The fraction of sp³-hybridized carbons (Fsp3) is 0.235. The number of carbonyl (C=O) groups is 1. The van der Waals surface area contributed by atoms with Crippen molar-refractivity contribution in [1.82, 2.24) is 4.90 Å². The van der Waals surface area contributed by atoms with Gasteiger partial charge in [-0.2, -0.15) is 0 Å². The normalized spacial score (nSPS) is 10.6. The summed E-state index contributed by atoms with van der Waals surface area (Å²) in [6.07, 6.45) is 0. The summed E-state index contributed by atoms with van der Waals surface area (Å²) in [7, 11) is 0. The largest absolute Gasteiger partial charge is 0.457 e. The zero-order chi connectivity index (χ0) is 19.1. The molecule has 0 spiro atoms. The summed E-state index contributed by atoms with van der Waals surface area (Å²) in [6, 6.07) is 12.7. The summed E-state index contributed by atoms with van der Waals surface area (Å²) in [4.78, 5) is 22.2. The van der Waals surface area contributed by atoms with Gasteiger partial charge in [0.1, 0.15) is 11.5 Å². The Morgan fingerprint density at radius 3 is 2.12 bits per heavy atom. The van der Waals surface area contributed by atoms with Crippen LogP contribution in [0.5, 0.6) is 11.5 Å². The van der Waals surface area contributed by atoms with Crippen molar-refractivity contribution < 1.29 is 19.6 Å². The number of aliphatic hydroxyl groups excluding tert-OH is 1. The third kappa shape index (κ3) is 5.59. The number of aliphatic hydroxyl groups is 1. The minimum absolute atomic E-state index is 0.0155. The van der Waals surface area contributed by atoms with Crippen LogP contribution in [-0.4, -0.2) is 38.8 Å². The van der Waals surface area contributed by atoms with E-state index in [4.69, 9.17) is 33.0 Å². The number of nitro benzene ring substituents is 1. The number of nitrogens with zero attached hydrogens (tertiary/aromatic N) is 2. The van der Waals surface area contributed by atoms with Gasteiger partial charge in [0.2, 0.25) is 0 Å². The molecule has 0 aromatic heterocycles. The molecule has 0 atom stereocenters. The summed E-state index contributed by atoms with van der Waals surface area (Å²) < 4.78 is 5.62. The molecule has 2 aromatic rings. The van der Waals surface area contributed by atoms with Gasteiger partial charge in [-0.25, -0.2) is 0 Å². The number of alkyl halides is 2. The highest BCUT2D eigenvalue weighted by atomic mass is 35.5. The van der Waals surface area contributed by atoms with E-state index in [0.29, 0.717) is 11.5 Å². The number of carbonyl (C=O) groups excluding carboxylic acids is 1. The molecule has 0 fully saturated rings. The maximum absolute atomic E-state index is 11.9. The van der Waals surface area contributed by atoms with Gasteiger partial charge in [0.25, 0.3) is 11.6 Å². The zero-order valence-electron chi connectivity index (χ0n) is 13.5. The van der Waals surface area contributed by atoms with E-state index >= 15 is 0 Å². The van der Waals surface area contributed by atoms with E-state index in [0.717, 1.165) is 5.56 Å². The van der Waals surface area contributed by atoms with Crippen LogP contribution in [-0.2, 0) is 11.3 Å². The van der Waals surface area contributed by atoms with Crippen molar-refractivity contribution in [2.24, 2.45) is 0 Å². The van der Waals surface area contributed by atoms with E-state index in [1.165, 1.54) is 29.2 Å². The van der Waals surface area contributed by atoms with Crippen LogP contribution in [0.4, 0.5) is 5.69 Å². The lowest BCUT2D eigenvalue weighted by Gasteiger charge is -2.22. The number of nitro groups is 1. The van der Waals surface area contributed by atoms with Gasteiger partial charge in [-0.15, -0.1) is 0 Å². The first kappa shape index (κ1) is 20.0. The quantitative estimate of drug-likeness (QED) is 0.417. The Bertz CT molecular complexity index is 751. The van der Waals surface area contributed by atoms with E-state index in [-0.39, 0.29) is 25.4 Å². The molecule has 0 radical (unpaired) electrons. The van der Waals surface area contributed by atoms with Gasteiger partial charge in [-0.3, -0.25) is 14.9 Å². The smallest absolute Gasteiger partial charge is 0.269 e. The molecular formula is C17H16Cl2N2O5. The molecule has 0 bridgehead atoms. The fourth-order valence-corrected chi connectivity index (χ4v) is 2.46. The maximum Gasteiger partial charge on any atom is 0.269 e. The van der Waals surface area contributed by atoms with Crippen LogP contribution >= 0.6 is 23.2 Å². The lowest BCUT2D eigenvalue weighted by Crippen LogP contribution is -2.36. The second-order valence-corrected chi connectivity index (χ2v) is 6.38. The van der Waals surface area contributed by atoms with Gasteiger partial charge in [0.05, 0.1) is 11.5 Å². The van der Waals surface area contributed by atoms with Crippen molar-refractivity contribution in [3.05, 3.63) is 64.2 Å². The molecule has 0 heterocycles. The topological polar surface area (TPSA) is 92.9 Å². The highest BCUT2D eigenvalue weighted by Gasteiger charge is 2.20. The second-order valence-electron chi connectivity index (χ2n) is 5.28. The minimum atomic E-state index is -1.19. The van der Waals surface area contributed by atoms with Crippen LogP contribution in [0.1, 0.15) is 5.56 Å². The number of non-ortho nitro benzene ring substituents is 1. The summed E-state index contributed by atoms with van der Waals surface area (Å²) in [6.45, 7) is 0.163. The first-order valence-corrected chi connectivity index (χ1v) is 8.47. The van der Waals surface area contributed by atoms with Crippen LogP contribution in [0.2, 0.25) is 0 Å². The molecule has 9 heteroatoms. The third-order valence-electron chi connectivity index (χ3n) is 3.45. The Labute approximate surface area is 159 Å². The number of amides is 1. The molecule has 2 aromatic carbocycles. The van der Waals surface area contributed by atoms with E-state index in [1.807, 2.05) is 0 Å². The molecule has 0 aliphatic heterocycles. The number of hydrogen-bond acceptors (Lipinski definition) is 5. The molecule has 0 aliphatic rings. The monoisotopic (exact) mass is 398 g/mol. The number of benzene rings is 2. The van der Waals surface area contributed by atoms with Crippen LogP contribution in [0.3, 0.4) is 0 Å². The van der Waals surface area contributed by atoms with Crippen molar-refractivity contribution in [1.29, 1.82) is 0 Å². The van der Waals surface area contributed by atoms with E-state index in [2.05, 4.69) is 0 Å². The van der Waals surface area contributed by atoms with Crippen LogP contribution in [0.25, 0.3) is 0 Å². The van der Waals surface area contributed by atoms with Gasteiger partial charge >= 0.3 is 0 Å². The SMILES string of the molecule is O=C(C(Cl)Cl)N(CCO)Cc1ccc(Oc2ccc([N+](=O)[O-])cc2)cc1. The summed E-state index contributed by atoms with van der Waals surface area (Å²) in [5.41, 5.74) is 0.787. The predicted molar refractivity (Wildman–Crippen MR) is 97.6 cm³/mol. The van der Waals surface area contributed by atoms with Crippen LogP contribution < -0.4 is 4.74 Å². The van der Waals surface area contributed by atoms with E-state index in [1.54, 1.807) is 24.3 Å². The number of hydrogen-bond donors (Lipinski definition) is 1. The first-order valence-electron chi connectivity index (χ1n) is 7.59. The lowest BCUT2D eigenvalue weighted by atomic mass is 10.2. The molecular weight excluding hydrogens is 383 g/mol. The zero-order valence-corrected chi connectivity index (χ0v) is 15.1. The molecule has 2 rings (SSSR count). The number of halogens is 2. The Morgan fingerprint density at radius 2 is 1.65 bits per heavy atom. The van der Waals surface area contributed by atoms with Crippen molar-refractivity contribution in [3.63, 3.8) is 0 Å². The average molecular weight is 399 g/mol. The summed E-state index contributed by atoms with van der Waals surface area (Å²) >= 11 is 11.2. The molecule has 7 nitrogen and oxygen atoms in total. The summed E-state index contributed by atoms with van der Waals surface area (Å²) in [5.74, 6) is 0.524. The third-order valence-corrected chi connectivity index (χ3v) is 3.82. The van der Waals surface area contributed by atoms with Crippen LogP contribution in [0.15, 0.2) is 48.5 Å². The van der Waals surface area contributed by atoms with Crippen molar-refractivity contribution in [3.8, 4) is 11.5 Å². The molecule has 0 saturated carbocycles. The van der Waals surface area contributed by atoms with Gasteiger partial charge in [-0.05, 0) is 29.8 Å². The summed E-state index contributed by atoms with van der Waals surface area (Å²) in [5, 5.41) is 19.7. The molecule has 138 valence electrons. The van der Waals surface area contributed by atoms with Gasteiger partial charge in [0, 0.05) is 25.2 Å². The fourth-order valence-electron chi connectivity index (χ4n) is 2.18. The average Bonchev–Trinajstić information content (AvgIpc) is 2.62. The molecule has 26 heavy (non-hydrogen) atoms.